The first kappa shape index (κ1) is 16.8. The van der Waals surface area contributed by atoms with Crippen molar-refractivity contribution in [1.29, 1.82) is 0 Å². The zero-order chi connectivity index (χ0) is 17.5. The van der Waals surface area contributed by atoms with Crippen LogP contribution in [0.15, 0.2) is 18.2 Å². The molecule has 24 heavy (non-hydrogen) atoms. The maximum Gasteiger partial charge on any atom is 0.324 e. The molecule has 6 nitrogen and oxygen atoms in total. The van der Waals surface area contributed by atoms with Gasteiger partial charge in [0.05, 0.1) is 16.8 Å². The normalized spacial score (nSPS) is 16.6. The number of benzene rings is 1. The van der Waals surface area contributed by atoms with Crippen LogP contribution in [0.1, 0.15) is 33.0 Å². The van der Waals surface area contributed by atoms with Crippen LogP contribution in [0.25, 0.3) is 11.0 Å². The molecule has 0 unspecified atom stereocenters. The summed E-state index contributed by atoms with van der Waals surface area (Å²) < 4.78 is 7.08. The number of fused-ring (bicyclic) bond motifs is 1. The molecule has 2 N–H and O–H groups in total. The molecule has 0 aliphatic carbocycles. The third kappa shape index (κ3) is 2.86. The molecule has 1 amide bonds. The first-order chi connectivity index (χ1) is 11.3. The highest BCUT2D eigenvalue weighted by molar-refractivity contribution is 5.96. The van der Waals surface area contributed by atoms with Gasteiger partial charge < -0.3 is 15.4 Å². The number of amides is 1. The summed E-state index contributed by atoms with van der Waals surface area (Å²) >= 11 is 0. The molecule has 1 fully saturated rings. The number of methoxy groups -OCH3 is 1. The molecule has 130 valence electrons. The summed E-state index contributed by atoms with van der Waals surface area (Å²) in [5.74, 6) is 1.29. The van der Waals surface area contributed by atoms with Crippen LogP contribution in [0.4, 0.5) is 10.5 Å². The molecule has 1 aromatic carbocycles. The second-order valence-corrected chi connectivity index (χ2v) is 7.29. The predicted molar refractivity (Wildman–Crippen MR) is 95.5 cm³/mol. The van der Waals surface area contributed by atoms with E-state index in [1.54, 1.807) is 11.7 Å². The summed E-state index contributed by atoms with van der Waals surface area (Å²) in [6, 6.07) is 5.43. The van der Waals surface area contributed by atoms with Crippen LogP contribution in [0, 0.1) is 5.92 Å². The summed E-state index contributed by atoms with van der Waals surface area (Å²) in [6.45, 7) is 8.04. The van der Waals surface area contributed by atoms with Gasteiger partial charge in [-0.1, -0.05) is 19.9 Å². The van der Waals surface area contributed by atoms with Gasteiger partial charge in [0, 0.05) is 26.6 Å². The Bertz CT molecular complexity index is 760. The number of rotatable bonds is 5. The van der Waals surface area contributed by atoms with E-state index >= 15 is 0 Å². The Kier molecular flexibility index (Phi) is 4.25. The van der Waals surface area contributed by atoms with E-state index in [1.807, 2.05) is 18.2 Å². The van der Waals surface area contributed by atoms with Crippen LogP contribution in [0.2, 0.25) is 0 Å². The van der Waals surface area contributed by atoms with Gasteiger partial charge in [-0.25, -0.2) is 14.3 Å². The highest BCUT2D eigenvalue weighted by atomic mass is 16.5. The fourth-order valence-corrected chi connectivity index (χ4v) is 3.28. The van der Waals surface area contributed by atoms with E-state index in [0.29, 0.717) is 5.92 Å². The number of carbonyl (C=O) groups excluding carboxylic acids is 1. The van der Waals surface area contributed by atoms with Gasteiger partial charge in [-0.05, 0) is 31.4 Å². The third-order valence-corrected chi connectivity index (χ3v) is 4.78. The van der Waals surface area contributed by atoms with Crippen molar-refractivity contribution < 1.29 is 9.53 Å². The molecule has 3 rings (SSSR count). The zero-order valence-corrected chi connectivity index (χ0v) is 14.9. The SMILES string of the molecule is COC1(C)CN(c2cccc3c2nc(CCC(C)C)n3C(N)=O)C1. The molecule has 1 aliphatic heterocycles. The number of nitrogens with zero attached hydrogens (tertiary/aromatic N) is 3. The molecule has 0 saturated carbocycles. The number of imidazole rings is 1. The quantitative estimate of drug-likeness (QED) is 0.915. The van der Waals surface area contributed by atoms with E-state index in [1.165, 1.54) is 0 Å². The van der Waals surface area contributed by atoms with Gasteiger partial charge in [-0.2, -0.15) is 0 Å². The Morgan fingerprint density at radius 1 is 1.42 bits per heavy atom. The summed E-state index contributed by atoms with van der Waals surface area (Å²) in [7, 11) is 1.74. The Morgan fingerprint density at radius 2 is 2.12 bits per heavy atom. The molecule has 1 saturated heterocycles. The average Bonchev–Trinajstić information content (AvgIpc) is 2.88. The van der Waals surface area contributed by atoms with Gasteiger partial charge in [-0.15, -0.1) is 0 Å². The molecule has 6 heteroatoms. The largest absolute Gasteiger partial charge is 0.375 e. The molecule has 0 spiro atoms. The summed E-state index contributed by atoms with van der Waals surface area (Å²) in [5, 5.41) is 0. The number of anilines is 1. The lowest BCUT2D eigenvalue weighted by atomic mass is 9.95. The Morgan fingerprint density at radius 3 is 2.71 bits per heavy atom. The van der Waals surface area contributed by atoms with Gasteiger partial charge >= 0.3 is 6.03 Å². The first-order valence-electron chi connectivity index (χ1n) is 8.45. The molecule has 1 aliphatic rings. The van der Waals surface area contributed by atoms with Crippen LogP contribution in [-0.2, 0) is 11.2 Å². The fourth-order valence-electron chi connectivity index (χ4n) is 3.28. The van der Waals surface area contributed by atoms with Crippen molar-refractivity contribution in [2.75, 3.05) is 25.1 Å². The average molecular weight is 330 g/mol. The van der Waals surface area contributed by atoms with Crippen LogP contribution >= 0.6 is 0 Å². The Labute approximate surface area is 142 Å². The molecule has 0 radical (unpaired) electrons. The maximum absolute atomic E-state index is 12.0. The Balaban J connectivity index is 2.01. The number of carbonyl (C=O) groups is 1. The number of aryl methyl sites for hydroxylation is 1. The van der Waals surface area contributed by atoms with Crippen molar-refractivity contribution >= 4 is 22.8 Å². The van der Waals surface area contributed by atoms with E-state index in [0.717, 1.165) is 48.5 Å². The second kappa shape index (κ2) is 6.09. The van der Waals surface area contributed by atoms with Crippen molar-refractivity contribution in [2.45, 2.75) is 39.2 Å². The minimum Gasteiger partial charge on any atom is -0.375 e. The molecule has 2 aromatic rings. The van der Waals surface area contributed by atoms with Gasteiger partial charge in [0.2, 0.25) is 0 Å². The third-order valence-electron chi connectivity index (χ3n) is 4.78. The van der Waals surface area contributed by atoms with Crippen LogP contribution in [0.3, 0.4) is 0 Å². The van der Waals surface area contributed by atoms with E-state index < -0.39 is 6.03 Å². The van der Waals surface area contributed by atoms with Gasteiger partial charge in [-0.3, -0.25) is 0 Å². The number of hydrogen-bond acceptors (Lipinski definition) is 4. The van der Waals surface area contributed by atoms with E-state index in [4.69, 9.17) is 15.5 Å². The van der Waals surface area contributed by atoms with Crippen molar-refractivity contribution in [3.63, 3.8) is 0 Å². The lowest BCUT2D eigenvalue weighted by Crippen LogP contribution is -2.61. The topological polar surface area (TPSA) is 73.4 Å². The van der Waals surface area contributed by atoms with Crippen LogP contribution < -0.4 is 10.6 Å². The van der Waals surface area contributed by atoms with Gasteiger partial charge in [0.25, 0.3) is 0 Å². The van der Waals surface area contributed by atoms with Crippen LogP contribution in [0.5, 0.6) is 0 Å². The number of ether oxygens (including phenoxy) is 1. The minimum atomic E-state index is -0.473. The molecule has 1 aromatic heterocycles. The van der Waals surface area contributed by atoms with E-state index in [9.17, 15) is 4.79 Å². The molecular weight excluding hydrogens is 304 g/mol. The van der Waals surface area contributed by atoms with E-state index in [-0.39, 0.29) is 5.60 Å². The van der Waals surface area contributed by atoms with Crippen molar-refractivity contribution in [1.82, 2.24) is 9.55 Å². The summed E-state index contributed by atoms with van der Waals surface area (Å²) in [4.78, 5) is 19.0. The highest BCUT2D eigenvalue weighted by Gasteiger charge is 2.39. The smallest absolute Gasteiger partial charge is 0.324 e. The van der Waals surface area contributed by atoms with Gasteiger partial charge in [0.15, 0.2) is 0 Å². The van der Waals surface area contributed by atoms with Crippen molar-refractivity contribution in [2.24, 2.45) is 11.7 Å². The summed E-state index contributed by atoms with van der Waals surface area (Å²) in [5.41, 5.74) is 8.16. The first-order valence-corrected chi connectivity index (χ1v) is 8.45. The lowest BCUT2D eigenvalue weighted by molar-refractivity contribution is -0.0166. The summed E-state index contributed by atoms with van der Waals surface area (Å²) in [6.07, 6.45) is 1.71. The van der Waals surface area contributed by atoms with Crippen molar-refractivity contribution in [3.05, 3.63) is 24.0 Å². The molecule has 0 atom stereocenters. The molecule has 2 heterocycles. The minimum absolute atomic E-state index is 0.116. The number of hydrogen-bond donors (Lipinski definition) is 1. The highest BCUT2D eigenvalue weighted by Crippen LogP contribution is 2.34. The predicted octanol–water partition coefficient (Wildman–Crippen LogP) is 2.78. The second-order valence-electron chi connectivity index (χ2n) is 7.29. The maximum atomic E-state index is 12.0. The lowest BCUT2D eigenvalue weighted by Gasteiger charge is -2.48. The fraction of sp³-hybridized carbons (Fsp3) is 0.556. The molecule has 0 bridgehead atoms. The number of nitrogens with two attached hydrogens (primary N) is 1. The molecular formula is C18H26N4O2. The zero-order valence-electron chi connectivity index (χ0n) is 14.9. The van der Waals surface area contributed by atoms with E-state index in [2.05, 4.69) is 25.7 Å². The number of para-hydroxylation sites is 1. The van der Waals surface area contributed by atoms with Gasteiger partial charge in [0.1, 0.15) is 11.3 Å². The van der Waals surface area contributed by atoms with Crippen molar-refractivity contribution in [3.8, 4) is 0 Å². The van der Waals surface area contributed by atoms with Crippen LogP contribution in [-0.4, -0.2) is 41.4 Å². The monoisotopic (exact) mass is 330 g/mol. The standard InChI is InChI=1S/C18H26N4O2/c1-12(2)8-9-15-20-16-13(21-10-18(3,11-21)24-4)6-5-7-14(16)22(15)17(19)23/h5-7,12H,8-11H2,1-4H3,(H2,19,23). The Hall–Kier alpha value is -2.08. The number of aromatic nitrogens is 2. The number of primary amides is 1.